The van der Waals surface area contributed by atoms with Crippen molar-refractivity contribution >= 4 is 5.91 Å². The van der Waals surface area contributed by atoms with Crippen LogP contribution >= 0.6 is 0 Å². The summed E-state index contributed by atoms with van der Waals surface area (Å²) in [7, 11) is 1.57. The molecule has 0 saturated carbocycles. The molecule has 1 aliphatic rings. The topological polar surface area (TPSA) is 92.0 Å². The minimum atomic E-state index is -0.374. The number of nitrogens with one attached hydrogen (secondary N) is 1. The molecule has 150 valence electrons. The third-order valence-electron chi connectivity index (χ3n) is 4.40. The van der Waals surface area contributed by atoms with Crippen molar-refractivity contribution in [2.24, 2.45) is 5.73 Å². The molecule has 3 rings (SSSR count). The first-order valence-corrected chi connectivity index (χ1v) is 9.33. The summed E-state index contributed by atoms with van der Waals surface area (Å²) in [5.74, 6) is 2.52. The van der Waals surface area contributed by atoms with Crippen molar-refractivity contribution in [3.63, 3.8) is 0 Å². The van der Waals surface area contributed by atoms with Crippen molar-refractivity contribution in [2.45, 2.75) is 19.3 Å². The van der Waals surface area contributed by atoms with Crippen LogP contribution in [0.5, 0.6) is 23.0 Å². The maximum absolute atomic E-state index is 11.0. The number of benzene rings is 2. The number of rotatable bonds is 11. The highest BCUT2D eigenvalue weighted by atomic mass is 16.7. The molecule has 2 aromatic rings. The summed E-state index contributed by atoms with van der Waals surface area (Å²) in [5.41, 5.74) is 7.27. The second-order valence-electron chi connectivity index (χ2n) is 6.52. The highest BCUT2D eigenvalue weighted by molar-refractivity contribution is 5.76. The number of hydrogen-bond acceptors (Lipinski definition) is 6. The smallest absolute Gasteiger partial charge is 0.231 e. The van der Waals surface area contributed by atoms with Crippen LogP contribution in [0.2, 0.25) is 0 Å². The molecule has 0 bridgehead atoms. The van der Waals surface area contributed by atoms with Crippen LogP contribution < -0.4 is 30.0 Å². The number of methoxy groups -OCH3 is 1. The molecule has 0 atom stereocenters. The van der Waals surface area contributed by atoms with E-state index in [0.717, 1.165) is 43.0 Å². The van der Waals surface area contributed by atoms with Gasteiger partial charge in [-0.25, -0.2) is 0 Å². The van der Waals surface area contributed by atoms with Gasteiger partial charge >= 0.3 is 0 Å². The molecule has 1 heterocycles. The van der Waals surface area contributed by atoms with Crippen LogP contribution in [-0.4, -0.2) is 39.5 Å². The molecular formula is C21H26N2O5. The van der Waals surface area contributed by atoms with Crippen molar-refractivity contribution in [1.29, 1.82) is 0 Å². The first-order valence-electron chi connectivity index (χ1n) is 9.33. The lowest BCUT2D eigenvalue weighted by Crippen LogP contribution is -2.22. The second-order valence-corrected chi connectivity index (χ2v) is 6.52. The Labute approximate surface area is 164 Å². The minimum absolute atomic E-state index is 0.182. The molecule has 0 aliphatic carbocycles. The zero-order chi connectivity index (χ0) is 19.8. The Morgan fingerprint density at radius 3 is 2.71 bits per heavy atom. The summed E-state index contributed by atoms with van der Waals surface area (Å²) in [6.07, 6.45) is 2.17. The molecule has 0 spiro atoms. The molecule has 28 heavy (non-hydrogen) atoms. The number of ether oxygens (including phenoxy) is 4. The molecule has 0 saturated heterocycles. The summed E-state index contributed by atoms with van der Waals surface area (Å²) in [5, 5.41) is 3.37. The zero-order valence-electron chi connectivity index (χ0n) is 16.0. The van der Waals surface area contributed by atoms with Gasteiger partial charge in [0.05, 0.1) is 13.5 Å². The Hall–Kier alpha value is -2.93. The van der Waals surface area contributed by atoms with E-state index in [1.54, 1.807) is 19.2 Å². The van der Waals surface area contributed by atoms with Crippen molar-refractivity contribution in [3.8, 4) is 23.0 Å². The van der Waals surface area contributed by atoms with Crippen LogP contribution in [0.15, 0.2) is 36.4 Å². The maximum Gasteiger partial charge on any atom is 0.231 e. The van der Waals surface area contributed by atoms with Gasteiger partial charge in [0.15, 0.2) is 23.0 Å². The quantitative estimate of drug-likeness (QED) is 0.575. The minimum Gasteiger partial charge on any atom is -0.493 e. The molecule has 0 fully saturated rings. The Bertz CT molecular complexity index is 809. The lowest BCUT2D eigenvalue weighted by molar-refractivity contribution is -0.117. The van der Waals surface area contributed by atoms with E-state index in [2.05, 4.69) is 11.4 Å². The first-order chi connectivity index (χ1) is 13.7. The van der Waals surface area contributed by atoms with Crippen molar-refractivity contribution in [2.75, 3.05) is 33.6 Å². The number of amides is 1. The summed E-state index contributed by atoms with van der Waals surface area (Å²) >= 11 is 0. The van der Waals surface area contributed by atoms with Crippen molar-refractivity contribution in [1.82, 2.24) is 5.32 Å². The van der Waals surface area contributed by atoms with E-state index in [1.807, 2.05) is 18.2 Å². The lowest BCUT2D eigenvalue weighted by atomic mass is 10.1. The van der Waals surface area contributed by atoms with E-state index in [4.69, 9.17) is 24.7 Å². The van der Waals surface area contributed by atoms with E-state index >= 15 is 0 Å². The summed E-state index contributed by atoms with van der Waals surface area (Å²) in [4.78, 5) is 11.0. The number of carbonyl (C=O) groups excluding carboxylic acids is 1. The molecular weight excluding hydrogens is 360 g/mol. The molecule has 7 heteroatoms. The second kappa shape index (κ2) is 9.85. The fourth-order valence-electron chi connectivity index (χ4n) is 3.01. The Balaban J connectivity index is 1.34. The van der Waals surface area contributed by atoms with Crippen LogP contribution in [0, 0.1) is 0 Å². The van der Waals surface area contributed by atoms with Gasteiger partial charge in [-0.05, 0) is 54.8 Å². The van der Waals surface area contributed by atoms with Crippen molar-refractivity contribution < 1.29 is 23.7 Å². The Morgan fingerprint density at radius 1 is 1.07 bits per heavy atom. The molecule has 7 nitrogen and oxygen atoms in total. The highest BCUT2D eigenvalue weighted by Crippen LogP contribution is 2.32. The molecule has 3 N–H and O–H groups in total. The molecule has 0 radical (unpaired) electrons. The predicted molar refractivity (Wildman–Crippen MR) is 105 cm³/mol. The van der Waals surface area contributed by atoms with Gasteiger partial charge in [0, 0.05) is 6.54 Å². The summed E-state index contributed by atoms with van der Waals surface area (Å²) < 4.78 is 21.8. The van der Waals surface area contributed by atoms with Gasteiger partial charge in [0.25, 0.3) is 0 Å². The monoisotopic (exact) mass is 386 g/mol. The molecule has 1 aliphatic heterocycles. The Morgan fingerprint density at radius 2 is 1.89 bits per heavy atom. The fourth-order valence-corrected chi connectivity index (χ4v) is 3.01. The number of aryl methyl sites for hydroxylation is 1. The van der Waals surface area contributed by atoms with Crippen LogP contribution in [0.1, 0.15) is 17.5 Å². The predicted octanol–water partition coefficient (Wildman–Crippen LogP) is 2.05. The fraction of sp³-hybridized carbons (Fsp3) is 0.381. The standard InChI is InChI=1S/C21H26N2O5/c1-25-19-12-16(13-21(22)24)5-7-17(19)26-10-9-23-8-2-3-15-4-6-18-20(11-15)28-14-27-18/h4-7,11-12,23H,2-3,8-10,13-14H2,1H3,(H2,22,24). The molecule has 0 aromatic heterocycles. The largest absolute Gasteiger partial charge is 0.493 e. The van der Waals surface area contributed by atoms with Gasteiger partial charge in [0.2, 0.25) is 12.7 Å². The number of carbonyl (C=O) groups is 1. The zero-order valence-corrected chi connectivity index (χ0v) is 16.0. The SMILES string of the molecule is COc1cc(CC(N)=O)ccc1OCCNCCCc1ccc2c(c1)OCO2. The van der Waals surface area contributed by atoms with Crippen LogP contribution in [0.25, 0.3) is 0 Å². The number of nitrogens with two attached hydrogens (primary N) is 1. The number of fused-ring (bicyclic) bond motifs is 1. The number of hydrogen-bond donors (Lipinski definition) is 2. The van der Waals surface area contributed by atoms with Gasteiger partial charge in [-0.2, -0.15) is 0 Å². The van der Waals surface area contributed by atoms with Crippen LogP contribution in [0.4, 0.5) is 0 Å². The average molecular weight is 386 g/mol. The van der Waals surface area contributed by atoms with Gasteiger partial charge in [0.1, 0.15) is 6.61 Å². The van der Waals surface area contributed by atoms with E-state index in [0.29, 0.717) is 24.9 Å². The van der Waals surface area contributed by atoms with Gasteiger partial charge < -0.3 is 30.0 Å². The number of primary amides is 1. The highest BCUT2D eigenvalue weighted by Gasteiger charge is 2.12. The van der Waals surface area contributed by atoms with Crippen molar-refractivity contribution in [3.05, 3.63) is 47.5 Å². The van der Waals surface area contributed by atoms with E-state index in [1.165, 1.54) is 5.56 Å². The van der Waals surface area contributed by atoms with Crippen LogP contribution in [0.3, 0.4) is 0 Å². The summed E-state index contributed by atoms with van der Waals surface area (Å²) in [6.45, 7) is 2.45. The van der Waals surface area contributed by atoms with Gasteiger partial charge in [-0.1, -0.05) is 12.1 Å². The third kappa shape index (κ3) is 5.53. The average Bonchev–Trinajstić information content (AvgIpc) is 3.15. The molecule has 2 aromatic carbocycles. The van der Waals surface area contributed by atoms with Gasteiger partial charge in [-0.3, -0.25) is 4.79 Å². The van der Waals surface area contributed by atoms with E-state index < -0.39 is 0 Å². The van der Waals surface area contributed by atoms with E-state index in [9.17, 15) is 4.79 Å². The third-order valence-corrected chi connectivity index (χ3v) is 4.40. The maximum atomic E-state index is 11.0. The molecule has 1 amide bonds. The molecule has 0 unspecified atom stereocenters. The Kier molecular flexibility index (Phi) is 6.97. The lowest BCUT2D eigenvalue weighted by Gasteiger charge is -2.12. The van der Waals surface area contributed by atoms with E-state index in [-0.39, 0.29) is 12.3 Å². The van der Waals surface area contributed by atoms with Gasteiger partial charge in [-0.15, -0.1) is 0 Å². The summed E-state index contributed by atoms with van der Waals surface area (Å²) in [6, 6.07) is 11.5. The normalized spacial score (nSPS) is 12.0. The van der Waals surface area contributed by atoms with Crippen LogP contribution in [-0.2, 0) is 17.6 Å². The first kappa shape index (κ1) is 19.8.